The van der Waals surface area contributed by atoms with Crippen molar-refractivity contribution in [3.05, 3.63) is 11.6 Å². The van der Waals surface area contributed by atoms with E-state index in [1.54, 1.807) is 0 Å². The van der Waals surface area contributed by atoms with Crippen LogP contribution >= 0.6 is 24.0 Å². The Labute approximate surface area is 150 Å². The molecule has 0 saturated heterocycles. The number of aryl methyl sites for hydroxylation is 2. The van der Waals surface area contributed by atoms with Gasteiger partial charge >= 0.3 is 0 Å². The molecule has 0 amide bonds. The van der Waals surface area contributed by atoms with Gasteiger partial charge in [-0.1, -0.05) is 13.3 Å². The highest BCUT2D eigenvalue weighted by Crippen LogP contribution is 2.15. The average molecular weight is 420 g/mol. The smallest absolute Gasteiger partial charge is 0.190 e. The van der Waals surface area contributed by atoms with Gasteiger partial charge in [0.2, 0.25) is 0 Å². The summed E-state index contributed by atoms with van der Waals surface area (Å²) in [5, 5.41) is 15.3. The van der Waals surface area contributed by atoms with Crippen LogP contribution in [0.4, 0.5) is 0 Å². The summed E-state index contributed by atoms with van der Waals surface area (Å²) in [5.41, 5.74) is 0. The first-order valence-corrected chi connectivity index (χ1v) is 8.20. The van der Waals surface area contributed by atoms with Gasteiger partial charge in [0.15, 0.2) is 5.96 Å². The fourth-order valence-electron chi connectivity index (χ4n) is 2.65. The number of rotatable bonds is 6. The molecule has 0 atom stereocenters. The fourth-order valence-corrected chi connectivity index (χ4v) is 2.65. The Morgan fingerprint density at radius 1 is 1.18 bits per heavy atom. The van der Waals surface area contributed by atoms with Crippen LogP contribution in [-0.4, -0.2) is 40.9 Å². The lowest BCUT2D eigenvalue weighted by Gasteiger charge is -2.11. The predicted molar refractivity (Wildman–Crippen MR) is 101 cm³/mol. The number of hydrogen-bond acceptors (Lipinski definition) is 3. The molecule has 2 rings (SSSR count). The molecule has 22 heavy (non-hydrogen) atoms. The quantitative estimate of drug-likeness (QED) is 0.320. The summed E-state index contributed by atoms with van der Waals surface area (Å²) >= 11 is 0. The van der Waals surface area contributed by atoms with E-state index in [4.69, 9.17) is 0 Å². The summed E-state index contributed by atoms with van der Waals surface area (Å²) in [7, 11) is 1.81. The van der Waals surface area contributed by atoms with Crippen LogP contribution in [0.1, 0.15) is 50.7 Å². The Bertz CT molecular complexity index is 457. The lowest BCUT2D eigenvalue weighted by atomic mass is 10.2. The van der Waals surface area contributed by atoms with Crippen LogP contribution in [0, 0.1) is 0 Å². The molecule has 1 aliphatic rings. The van der Waals surface area contributed by atoms with Crippen molar-refractivity contribution in [1.29, 1.82) is 0 Å². The van der Waals surface area contributed by atoms with Gasteiger partial charge in [-0.25, -0.2) is 0 Å². The number of fused-ring (bicyclic) bond motifs is 1. The molecule has 6 nitrogen and oxygen atoms in total. The maximum absolute atomic E-state index is 4.37. The SMILES string of the molecule is CCCNC(=NC)NCCCc1nnc2n1CCCCC2.I. The summed E-state index contributed by atoms with van der Waals surface area (Å²) in [6.45, 7) is 5.10. The largest absolute Gasteiger partial charge is 0.356 e. The van der Waals surface area contributed by atoms with Crippen molar-refractivity contribution < 1.29 is 0 Å². The van der Waals surface area contributed by atoms with Gasteiger partial charge < -0.3 is 15.2 Å². The molecular formula is C15H29IN6. The third-order valence-corrected chi connectivity index (χ3v) is 3.82. The van der Waals surface area contributed by atoms with Crippen molar-refractivity contribution in [3.63, 3.8) is 0 Å². The molecule has 1 aromatic heterocycles. The van der Waals surface area contributed by atoms with Crippen LogP contribution < -0.4 is 10.6 Å². The number of halogens is 1. The zero-order valence-electron chi connectivity index (χ0n) is 13.8. The second-order valence-corrected chi connectivity index (χ2v) is 5.52. The minimum Gasteiger partial charge on any atom is -0.356 e. The number of hydrogen-bond donors (Lipinski definition) is 2. The first-order chi connectivity index (χ1) is 10.3. The number of guanidine groups is 1. The maximum Gasteiger partial charge on any atom is 0.190 e. The zero-order chi connectivity index (χ0) is 14.9. The molecule has 0 unspecified atom stereocenters. The lowest BCUT2D eigenvalue weighted by molar-refractivity contribution is 0.594. The number of nitrogens with zero attached hydrogens (tertiary/aromatic N) is 4. The molecule has 0 bridgehead atoms. The summed E-state index contributed by atoms with van der Waals surface area (Å²) < 4.78 is 2.33. The van der Waals surface area contributed by atoms with Crippen LogP contribution in [0.5, 0.6) is 0 Å². The van der Waals surface area contributed by atoms with E-state index < -0.39 is 0 Å². The molecule has 0 aliphatic carbocycles. The topological polar surface area (TPSA) is 67.1 Å². The summed E-state index contributed by atoms with van der Waals surface area (Å²) in [6, 6.07) is 0. The first-order valence-electron chi connectivity index (χ1n) is 8.20. The standard InChI is InChI=1S/C15H28N6.HI/c1-3-10-17-15(16-2)18-11-7-9-14-20-19-13-8-5-4-6-12-21(13)14;/h3-12H2,1-2H3,(H2,16,17,18);1H. The molecule has 0 fully saturated rings. The van der Waals surface area contributed by atoms with Gasteiger partial charge in [0, 0.05) is 39.5 Å². The monoisotopic (exact) mass is 420 g/mol. The van der Waals surface area contributed by atoms with Crippen LogP contribution in [0.2, 0.25) is 0 Å². The number of aliphatic imine (C=N–C) groups is 1. The molecule has 2 N–H and O–H groups in total. The number of aromatic nitrogens is 3. The molecule has 0 saturated carbocycles. The van der Waals surface area contributed by atoms with E-state index >= 15 is 0 Å². The van der Waals surface area contributed by atoms with Gasteiger partial charge in [-0.2, -0.15) is 0 Å². The first kappa shape index (κ1) is 19.2. The van der Waals surface area contributed by atoms with Crippen LogP contribution in [-0.2, 0) is 19.4 Å². The van der Waals surface area contributed by atoms with Gasteiger partial charge in [-0.3, -0.25) is 4.99 Å². The van der Waals surface area contributed by atoms with E-state index in [1.165, 1.54) is 25.1 Å². The molecule has 0 spiro atoms. The van der Waals surface area contributed by atoms with Crippen molar-refractivity contribution in [2.75, 3.05) is 20.1 Å². The second kappa shape index (κ2) is 10.8. The van der Waals surface area contributed by atoms with E-state index in [0.29, 0.717) is 0 Å². The fraction of sp³-hybridized carbons (Fsp3) is 0.800. The van der Waals surface area contributed by atoms with Crippen LogP contribution in [0.3, 0.4) is 0 Å². The highest BCUT2D eigenvalue weighted by Gasteiger charge is 2.13. The minimum absolute atomic E-state index is 0. The average Bonchev–Trinajstić information content (AvgIpc) is 2.73. The van der Waals surface area contributed by atoms with Gasteiger partial charge in [-0.15, -0.1) is 34.2 Å². The second-order valence-electron chi connectivity index (χ2n) is 5.52. The molecule has 1 aliphatic heterocycles. The molecule has 0 radical (unpaired) electrons. The molecule has 1 aromatic rings. The summed E-state index contributed by atoms with van der Waals surface area (Å²) in [6.07, 6.45) is 8.02. The van der Waals surface area contributed by atoms with E-state index in [-0.39, 0.29) is 24.0 Å². The zero-order valence-corrected chi connectivity index (χ0v) is 16.1. The van der Waals surface area contributed by atoms with Crippen LogP contribution in [0.25, 0.3) is 0 Å². The normalized spacial score (nSPS) is 14.7. The van der Waals surface area contributed by atoms with Crippen LogP contribution in [0.15, 0.2) is 4.99 Å². The third kappa shape index (κ3) is 5.73. The summed E-state index contributed by atoms with van der Waals surface area (Å²) in [5.74, 6) is 3.21. The molecular weight excluding hydrogens is 391 g/mol. The summed E-state index contributed by atoms with van der Waals surface area (Å²) in [4.78, 5) is 4.20. The van der Waals surface area contributed by atoms with Gasteiger partial charge in [0.25, 0.3) is 0 Å². The predicted octanol–water partition coefficient (Wildman–Crippen LogP) is 2.13. The molecule has 126 valence electrons. The van der Waals surface area contributed by atoms with E-state index in [0.717, 1.165) is 57.1 Å². The Hall–Kier alpha value is -0.860. The molecule has 2 heterocycles. The lowest BCUT2D eigenvalue weighted by Crippen LogP contribution is -2.38. The third-order valence-electron chi connectivity index (χ3n) is 3.82. The van der Waals surface area contributed by atoms with Crippen molar-refractivity contribution >= 4 is 29.9 Å². The van der Waals surface area contributed by atoms with Crippen molar-refractivity contribution in [1.82, 2.24) is 25.4 Å². The van der Waals surface area contributed by atoms with E-state index in [2.05, 4.69) is 37.3 Å². The Morgan fingerprint density at radius 2 is 2.00 bits per heavy atom. The molecule has 0 aromatic carbocycles. The Kier molecular flexibility index (Phi) is 9.42. The van der Waals surface area contributed by atoms with E-state index in [9.17, 15) is 0 Å². The van der Waals surface area contributed by atoms with Gasteiger partial charge in [0.1, 0.15) is 11.6 Å². The Morgan fingerprint density at radius 3 is 2.77 bits per heavy atom. The van der Waals surface area contributed by atoms with Crippen molar-refractivity contribution in [2.45, 2.75) is 58.4 Å². The molecule has 7 heteroatoms. The highest BCUT2D eigenvalue weighted by molar-refractivity contribution is 14.0. The van der Waals surface area contributed by atoms with E-state index in [1.807, 2.05) is 7.05 Å². The number of nitrogens with one attached hydrogen (secondary N) is 2. The van der Waals surface area contributed by atoms with Crippen molar-refractivity contribution in [2.24, 2.45) is 4.99 Å². The highest BCUT2D eigenvalue weighted by atomic mass is 127. The van der Waals surface area contributed by atoms with Gasteiger partial charge in [0.05, 0.1) is 0 Å². The van der Waals surface area contributed by atoms with Gasteiger partial charge in [-0.05, 0) is 25.7 Å². The Balaban J connectivity index is 0.00000242. The minimum atomic E-state index is 0. The maximum atomic E-state index is 4.37. The van der Waals surface area contributed by atoms with Crippen molar-refractivity contribution in [3.8, 4) is 0 Å².